The molecular weight excluding hydrogens is 352 g/mol. The molecule has 0 radical (unpaired) electrons. The predicted octanol–water partition coefficient (Wildman–Crippen LogP) is 4.20. The average molecular weight is 373 g/mol. The number of aryl methyl sites for hydroxylation is 2. The number of hydrogen-bond acceptors (Lipinski definition) is 5. The third-order valence-corrected chi connectivity index (χ3v) is 6.03. The van der Waals surface area contributed by atoms with E-state index >= 15 is 0 Å². The van der Waals surface area contributed by atoms with Crippen LogP contribution in [-0.4, -0.2) is 26.4 Å². The van der Waals surface area contributed by atoms with Crippen molar-refractivity contribution in [1.82, 2.24) is 14.8 Å². The number of thiophene rings is 1. The normalized spacial score (nSPS) is 10.9. The van der Waals surface area contributed by atoms with Gasteiger partial charge in [-0.1, -0.05) is 23.9 Å². The van der Waals surface area contributed by atoms with Gasteiger partial charge in [-0.25, -0.2) is 0 Å². The number of carbonyl (C=O) groups is 1. The van der Waals surface area contributed by atoms with Crippen LogP contribution in [0.4, 0.5) is 5.69 Å². The molecule has 1 amide bonds. The van der Waals surface area contributed by atoms with Gasteiger partial charge in [-0.3, -0.25) is 4.79 Å². The standard InChI is InChI=1S/C18H20N4OS2/c1-11-6-5-7-14(8-11)19-16(23)10-25-18-21-20-17(22(18)4)15-9-24-13(3)12(15)2/h5-9H,10H2,1-4H3,(H,19,23). The summed E-state index contributed by atoms with van der Waals surface area (Å²) in [4.78, 5) is 13.4. The SMILES string of the molecule is Cc1cccc(NC(=O)CSc2nnc(-c3csc(C)c3C)n2C)c1. The largest absolute Gasteiger partial charge is 0.325 e. The lowest BCUT2D eigenvalue weighted by Crippen LogP contribution is -2.14. The van der Waals surface area contributed by atoms with E-state index in [2.05, 4.69) is 34.7 Å². The lowest BCUT2D eigenvalue weighted by molar-refractivity contribution is -0.113. The number of rotatable bonds is 5. The summed E-state index contributed by atoms with van der Waals surface area (Å²) < 4.78 is 1.94. The molecule has 0 unspecified atom stereocenters. The van der Waals surface area contributed by atoms with Crippen LogP contribution in [0.5, 0.6) is 0 Å². The van der Waals surface area contributed by atoms with E-state index < -0.39 is 0 Å². The predicted molar refractivity (Wildman–Crippen MR) is 104 cm³/mol. The quantitative estimate of drug-likeness (QED) is 0.682. The van der Waals surface area contributed by atoms with E-state index in [1.165, 1.54) is 22.2 Å². The number of benzene rings is 1. The maximum atomic E-state index is 12.2. The van der Waals surface area contributed by atoms with E-state index in [0.29, 0.717) is 5.75 Å². The van der Waals surface area contributed by atoms with Crippen LogP contribution in [-0.2, 0) is 11.8 Å². The van der Waals surface area contributed by atoms with Crippen molar-refractivity contribution in [2.75, 3.05) is 11.1 Å². The van der Waals surface area contributed by atoms with E-state index in [4.69, 9.17) is 0 Å². The molecule has 5 nitrogen and oxygen atoms in total. The summed E-state index contributed by atoms with van der Waals surface area (Å²) in [5.41, 5.74) is 4.27. The minimum absolute atomic E-state index is 0.0530. The van der Waals surface area contributed by atoms with Crippen molar-refractivity contribution in [2.45, 2.75) is 25.9 Å². The highest BCUT2D eigenvalue weighted by Crippen LogP contribution is 2.30. The molecule has 3 rings (SSSR count). The Labute approximate surface area is 155 Å². The molecule has 0 atom stereocenters. The first kappa shape index (κ1) is 17.7. The van der Waals surface area contributed by atoms with E-state index in [0.717, 1.165) is 27.8 Å². The van der Waals surface area contributed by atoms with Crippen molar-refractivity contribution < 1.29 is 4.79 Å². The van der Waals surface area contributed by atoms with Gasteiger partial charge in [-0.05, 0) is 44.0 Å². The monoisotopic (exact) mass is 372 g/mol. The van der Waals surface area contributed by atoms with Crippen LogP contribution in [0.2, 0.25) is 0 Å². The number of anilines is 1. The van der Waals surface area contributed by atoms with Crippen LogP contribution in [0.25, 0.3) is 11.4 Å². The Bertz CT molecular complexity index is 914. The molecule has 0 saturated heterocycles. The van der Waals surface area contributed by atoms with Crippen molar-refractivity contribution in [2.24, 2.45) is 7.05 Å². The highest BCUT2D eigenvalue weighted by Gasteiger charge is 2.16. The van der Waals surface area contributed by atoms with Crippen molar-refractivity contribution >= 4 is 34.7 Å². The van der Waals surface area contributed by atoms with Gasteiger partial charge in [0.15, 0.2) is 11.0 Å². The van der Waals surface area contributed by atoms with Gasteiger partial charge in [-0.2, -0.15) is 0 Å². The number of aromatic nitrogens is 3. The number of nitrogens with zero attached hydrogens (tertiary/aromatic N) is 3. The Balaban J connectivity index is 1.66. The Morgan fingerprint density at radius 2 is 2.08 bits per heavy atom. The van der Waals surface area contributed by atoms with Crippen molar-refractivity contribution in [1.29, 1.82) is 0 Å². The highest BCUT2D eigenvalue weighted by atomic mass is 32.2. The zero-order valence-corrected chi connectivity index (χ0v) is 16.3. The molecule has 25 heavy (non-hydrogen) atoms. The van der Waals surface area contributed by atoms with E-state index in [-0.39, 0.29) is 5.91 Å². The summed E-state index contributed by atoms with van der Waals surface area (Å²) in [6.45, 7) is 6.20. The summed E-state index contributed by atoms with van der Waals surface area (Å²) in [6.07, 6.45) is 0. The summed E-state index contributed by atoms with van der Waals surface area (Å²) in [5, 5.41) is 14.3. The van der Waals surface area contributed by atoms with Crippen LogP contribution in [0.15, 0.2) is 34.8 Å². The van der Waals surface area contributed by atoms with Crippen LogP contribution < -0.4 is 5.32 Å². The zero-order chi connectivity index (χ0) is 18.0. The van der Waals surface area contributed by atoms with E-state index in [9.17, 15) is 4.79 Å². The maximum Gasteiger partial charge on any atom is 0.234 e. The van der Waals surface area contributed by atoms with Gasteiger partial charge in [0.1, 0.15) is 0 Å². The fraction of sp³-hybridized carbons (Fsp3) is 0.278. The Morgan fingerprint density at radius 3 is 2.76 bits per heavy atom. The van der Waals surface area contributed by atoms with Crippen LogP contribution in [0, 0.1) is 20.8 Å². The van der Waals surface area contributed by atoms with Gasteiger partial charge in [-0.15, -0.1) is 21.5 Å². The molecule has 0 aliphatic heterocycles. The highest BCUT2D eigenvalue weighted by molar-refractivity contribution is 7.99. The second-order valence-electron chi connectivity index (χ2n) is 5.90. The number of thioether (sulfide) groups is 1. The Morgan fingerprint density at radius 1 is 1.28 bits per heavy atom. The zero-order valence-electron chi connectivity index (χ0n) is 14.7. The van der Waals surface area contributed by atoms with Gasteiger partial charge in [0.05, 0.1) is 5.75 Å². The Kier molecular flexibility index (Phi) is 5.24. The summed E-state index contributed by atoms with van der Waals surface area (Å²) in [7, 11) is 1.93. The van der Waals surface area contributed by atoms with Gasteiger partial charge in [0.25, 0.3) is 0 Å². The third-order valence-electron chi connectivity index (χ3n) is 4.00. The Hall–Kier alpha value is -2.12. The molecule has 0 saturated carbocycles. The average Bonchev–Trinajstić information content (AvgIpc) is 3.09. The molecule has 1 aromatic carbocycles. The molecule has 0 aliphatic carbocycles. The first-order chi connectivity index (χ1) is 12.0. The molecule has 2 heterocycles. The minimum atomic E-state index is -0.0530. The maximum absolute atomic E-state index is 12.2. The fourth-order valence-corrected chi connectivity index (χ4v) is 4.03. The topological polar surface area (TPSA) is 59.8 Å². The summed E-state index contributed by atoms with van der Waals surface area (Å²) in [6, 6.07) is 7.76. The van der Waals surface area contributed by atoms with Crippen molar-refractivity contribution in [3.05, 3.63) is 45.6 Å². The van der Waals surface area contributed by atoms with Gasteiger partial charge in [0.2, 0.25) is 5.91 Å². The molecule has 3 aromatic rings. The lowest BCUT2D eigenvalue weighted by Gasteiger charge is -2.06. The van der Waals surface area contributed by atoms with Crippen molar-refractivity contribution in [3.8, 4) is 11.4 Å². The van der Waals surface area contributed by atoms with Gasteiger partial charge >= 0.3 is 0 Å². The number of nitrogens with one attached hydrogen (secondary N) is 1. The molecule has 0 fully saturated rings. The second-order valence-corrected chi connectivity index (χ2v) is 7.93. The number of carbonyl (C=O) groups excluding carboxylic acids is 1. The first-order valence-electron chi connectivity index (χ1n) is 7.89. The molecule has 2 aromatic heterocycles. The van der Waals surface area contributed by atoms with E-state index in [1.54, 1.807) is 11.3 Å². The molecule has 130 valence electrons. The molecule has 0 aliphatic rings. The van der Waals surface area contributed by atoms with Gasteiger partial charge in [0, 0.05) is 28.6 Å². The van der Waals surface area contributed by atoms with E-state index in [1.807, 2.05) is 42.8 Å². The summed E-state index contributed by atoms with van der Waals surface area (Å²) >= 11 is 3.10. The molecule has 7 heteroatoms. The lowest BCUT2D eigenvalue weighted by atomic mass is 10.2. The van der Waals surface area contributed by atoms with Crippen LogP contribution >= 0.6 is 23.1 Å². The molecule has 0 spiro atoms. The molecular formula is C18H20N4OS2. The second kappa shape index (κ2) is 7.41. The molecule has 1 N–H and O–H groups in total. The van der Waals surface area contributed by atoms with Crippen molar-refractivity contribution in [3.63, 3.8) is 0 Å². The smallest absolute Gasteiger partial charge is 0.234 e. The first-order valence-corrected chi connectivity index (χ1v) is 9.76. The van der Waals surface area contributed by atoms with Crippen LogP contribution in [0.3, 0.4) is 0 Å². The molecule has 0 bridgehead atoms. The summed E-state index contributed by atoms with van der Waals surface area (Å²) in [5.74, 6) is 1.08. The fourth-order valence-electron chi connectivity index (χ4n) is 2.46. The third kappa shape index (κ3) is 3.93. The number of amides is 1. The van der Waals surface area contributed by atoms with Crippen LogP contribution in [0.1, 0.15) is 16.0 Å². The minimum Gasteiger partial charge on any atom is -0.325 e. The number of hydrogen-bond donors (Lipinski definition) is 1. The van der Waals surface area contributed by atoms with Gasteiger partial charge < -0.3 is 9.88 Å².